The van der Waals surface area contributed by atoms with Crippen molar-refractivity contribution in [1.29, 1.82) is 0 Å². The molecule has 1 aromatic heterocycles. The van der Waals surface area contributed by atoms with Gasteiger partial charge in [0.2, 0.25) is 5.91 Å². The van der Waals surface area contributed by atoms with Gasteiger partial charge in [0.15, 0.2) is 0 Å². The van der Waals surface area contributed by atoms with Crippen LogP contribution in [0.3, 0.4) is 0 Å². The molecule has 0 radical (unpaired) electrons. The maximum Gasteiger partial charge on any atom is 0.573 e. The Bertz CT molecular complexity index is 962. The summed E-state index contributed by atoms with van der Waals surface area (Å²) in [6.45, 7) is 6.24. The lowest BCUT2D eigenvalue weighted by atomic mass is 10.1. The maximum absolute atomic E-state index is 12.7. The van der Waals surface area contributed by atoms with Gasteiger partial charge in [-0.25, -0.2) is 4.98 Å². The summed E-state index contributed by atoms with van der Waals surface area (Å²) in [6.07, 6.45) is -3.81. The molecule has 0 aliphatic carbocycles. The molecule has 1 amide bonds. The summed E-state index contributed by atoms with van der Waals surface area (Å²) in [6, 6.07) is 9.59. The molecule has 7 nitrogen and oxygen atoms in total. The van der Waals surface area contributed by atoms with E-state index in [9.17, 15) is 18.0 Å². The summed E-state index contributed by atoms with van der Waals surface area (Å²) in [4.78, 5) is 21.3. The van der Waals surface area contributed by atoms with E-state index in [1.54, 1.807) is 4.90 Å². The average molecular weight is 464 g/mol. The Balaban J connectivity index is 1.31. The zero-order valence-electron chi connectivity index (χ0n) is 18.4. The molecule has 2 saturated heterocycles. The number of carbonyl (C=O) groups excluding carboxylic acids is 1. The van der Waals surface area contributed by atoms with Gasteiger partial charge in [-0.2, -0.15) is 0 Å². The van der Waals surface area contributed by atoms with Gasteiger partial charge in [0.05, 0.1) is 19.6 Å². The molecule has 2 aromatic rings. The number of likely N-dealkylation sites (tertiary alicyclic amines) is 1. The molecule has 1 N–H and O–H groups in total. The van der Waals surface area contributed by atoms with Gasteiger partial charge in [-0.1, -0.05) is 12.1 Å². The third-order valence-electron chi connectivity index (χ3n) is 5.72. The lowest BCUT2D eigenvalue weighted by molar-refractivity contribution is -0.274. The quantitative estimate of drug-likeness (QED) is 0.707. The van der Waals surface area contributed by atoms with Crippen LogP contribution in [0.5, 0.6) is 5.75 Å². The van der Waals surface area contributed by atoms with Crippen LogP contribution in [0, 0.1) is 6.92 Å². The molecule has 4 rings (SSSR count). The molecule has 33 heavy (non-hydrogen) atoms. The first-order valence-corrected chi connectivity index (χ1v) is 11.0. The Morgan fingerprint density at radius 2 is 1.91 bits per heavy atom. The summed E-state index contributed by atoms with van der Waals surface area (Å²) in [5.41, 5.74) is 2.67. The number of alkyl halides is 3. The van der Waals surface area contributed by atoms with Crippen LogP contribution in [-0.2, 0) is 16.0 Å². The monoisotopic (exact) mass is 464 g/mol. The number of ether oxygens (including phenoxy) is 2. The number of hydrogen-bond acceptors (Lipinski definition) is 6. The minimum atomic E-state index is -4.73. The number of nitrogens with zero attached hydrogens (tertiary/aromatic N) is 3. The number of hydrogen-bond donors (Lipinski definition) is 1. The third-order valence-corrected chi connectivity index (χ3v) is 5.72. The number of anilines is 2. The fourth-order valence-electron chi connectivity index (χ4n) is 4.14. The van der Waals surface area contributed by atoms with Crippen molar-refractivity contribution in [3.8, 4) is 5.75 Å². The second-order valence-corrected chi connectivity index (χ2v) is 8.29. The number of amides is 1. The molecule has 10 heteroatoms. The lowest BCUT2D eigenvalue weighted by Gasteiger charge is -2.29. The lowest BCUT2D eigenvalue weighted by Crippen LogP contribution is -2.36. The van der Waals surface area contributed by atoms with E-state index in [1.807, 2.05) is 13.0 Å². The maximum atomic E-state index is 12.7. The van der Waals surface area contributed by atoms with E-state index in [0.29, 0.717) is 31.9 Å². The van der Waals surface area contributed by atoms with Crippen LogP contribution in [0.15, 0.2) is 36.4 Å². The van der Waals surface area contributed by atoms with Crippen LogP contribution in [0.1, 0.15) is 17.7 Å². The number of pyridine rings is 1. The van der Waals surface area contributed by atoms with Crippen molar-refractivity contribution in [2.45, 2.75) is 32.2 Å². The molecular formula is C23H27F3N4O3. The van der Waals surface area contributed by atoms with Crippen LogP contribution in [0.25, 0.3) is 0 Å². The molecule has 0 unspecified atom stereocenters. The minimum Gasteiger partial charge on any atom is -0.406 e. The topological polar surface area (TPSA) is 66.9 Å². The van der Waals surface area contributed by atoms with Crippen molar-refractivity contribution in [2.24, 2.45) is 0 Å². The van der Waals surface area contributed by atoms with Gasteiger partial charge in [0, 0.05) is 49.7 Å². The Morgan fingerprint density at radius 1 is 1.18 bits per heavy atom. The summed E-state index contributed by atoms with van der Waals surface area (Å²) >= 11 is 0. The van der Waals surface area contributed by atoms with Crippen LogP contribution >= 0.6 is 0 Å². The molecule has 0 spiro atoms. The molecule has 178 valence electrons. The smallest absolute Gasteiger partial charge is 0.406 e. The number of benzene rings is 1. The molecule has 0 saturated carbocycles. The van der Waals surface area contributed by atoms with Crippen molar-refractivity contribution in [2.75, 3.05) is 49.6 Å². The van der Waals surface area contributed by atoms with Gasteiger partial charge in [-0.05, 0) is 37.1 Å². The number of nitrogens with one attached hydrogen (secondary N) is 1. The van der Waals surface area contributed by atoms with Crippen LogP contribution < -0.4 is 15.0 Å². The van der Waals surface area contributed by atoms with Crippen molar-refractivity contribution in [1.82, 2.24) is 9.88 Å². The number of aryl methyl sites for hydroxylation is 1. The van der Waals surface area contributed by atoms with E-state index in [2.05, 4.69) is 26.0 Å². The summed E-state index contributed by atoms with van der Waals surface area (Å²) in [5, 5.41) is 3.45. The number of morpholine rings is 1. The highest BCUT2D eigenvalue weighted by molar-refractivity contribution is 5.79. The average Bonchev–Trinajstić information content (AvgIpc) is 3.23. The normalized spacial score (nSPS) is 19.0. The van der Waals surface area contributed by atoms with Crippen LogP contribution in [-0.4, -0.2) is 67.6 Å². The Kier molecular flexibility index (Phi) is 6.92. The first-order valence-electron chi connectivity index (χ1n) is 11.0. The summed E-state index contributed by atoms with van der Waals surface area (Å²) in [7, 11) is 0. The van der Waals surface area contributed by atoms with Gasteiger partial charge in [0.1, 0.15) is 11.6 Å². The number of rotatable bonds is 6. The second-order valence-electron chi connectivity index (χ2n) is 8.29. The molecular weight excluding hydrogens is 437 g/mol. The SMILES string of the molecule is Cc1cc(N2CCOCC2)cc(N[C@H]2CCN(C(=O)Cc3ccc(OC(F)(F)F)cc3)C2)n1. The standard InChI is InChI=1S/C23H27F3N4O3/c1-16-12-19(29-8-10-32-11-9-29)14-21(27-16)28-18-6-7-30(15-18)22(31)13-17-2-4-20(5-3-17)33-23(24,25)26/h2-5,12,14,18H,6-11,13,15H2,1H3,(H,27,28)/t18-/m0/s1. The van der Waals surface area contributed by atoms with Gasteiger partial charge in [-0.15, -0.1) is 13.2 Å². The highest BCUT2D eigenvalue weighted by Crippen LogP contribution is 2.25. The van der Waals surface area contributed by atoms with Crippen molar-refractivity contribution in [3.05, 3.63) is 47.7 Å². The highest BCUT2D eigenvalue weighted by atomic mass is 19.4. The fraction of sp³-hybridized carbons (Fsp3) is 0.478. The van der Waals surface area contributed by atoms with Crippen LogP contribution in [0.4, 0.5) is 24.7 Å². The second kappa shape index (κ2) is 9.86. The molecule has 1 aromatic carbocycles. The van der Waals surface area contributed by atoms with Crippen molar-refractivity contribution in [3.63, 3.8) is 0 Å². The van der Waals surface area contributed by atoms with E-state index in [-0.39, 0.29) is 24.1 Å². The van der Waals surface area contributed by atoms with Crippen LogP contribution in [0.2, 0.25) is 0 Å². The van der Waals surface area contributed by atoms with E-state index in [4.69, 9.17) is 4.74 Å². The van der Waals surface area contributed by atoms with Gasteiger partial charge >= 0.3 is 6.36 Å². The fourth-order valence-corrected chi connectivity index (χ4v) is 4.14. The van der Waals surface area contributed by atoms with E-state index < -0.39 is 6.36 Å². The zero-order valence-corrected chi connectivity index (χ0v) is 18.4. The molecule has 2 aliphatic rings. The number of halogens is 3. The van der Waals surface area contributed by atoms with Crippen molar-refractivity contribution >= 4 is 17.4 Å². The predicted octanol–water partition coefficient (Wildman–Crippen LogP) is 3.38. The third kappa shape index (κ3) is 6.50. The van der Waals surface area contributed by atoms with Gasteiger partial charge < -0.3 is 24.6 Å². The molecule has 2 fully saturated rings. The zero-order chi connectivity index (χ0) is 23.4. The first kappa shape index (κ1) is 23.2. The number of aromatic nitrogens is 1. The van der Waals surface area contributed by atoms with Crippen molar-refractivity contribution < 1.29 is 27.4 Å². The summed E-state index contributed by atoms with van der Waals surface area (Å²) < 4.78 is 46.2. The molecule has 0 bridgehead atoms. The largest absolute Gasteiger partial charge is 0.573 e. The van der Waals surface area contributed by atoms with Gasteiger partial charge in [0.25, 0.3) is 0 Å². The summed E-state index contributed by atoms with van der Waals surface area (Å²) in [5.74, 6) is 0.428. The molecule has 3 heterocycles. The highest BCUT2D eigenvalue weighted by Gasteiger charge is 2.31. The predicted molar refractivity (Wildman–Crippen MR) is 117 cm³/mol. The van der Waals surface area contributed by atoms with E-state index >= 15 is 0 Å². The molecule has 2 aliphatic heterocycles. The minimum absolute atomic E-state index is 0.0602. The molecule has 1 atom stereocenters. The Hall–Kier alpha value is -3.01. The van der Waals surface area contributed by atoms with Gasteiger partial charge in [-0.3, -0.25) is 4.79 Å². The number of carbonyl (C=O) groups is 1. The van der Waals surface area contributed by atoms with E-state index in [1.165, 1.54) is 24.3 Å². The first-order chi connectivity index (χ1) is 15.7. The van der Waals surface area contributed by atoms with E-state index in [0.717, 1.165) is 36.7 Å². The Labute approximate surface area is 190 Å². The Morgan fingerprint density at radius 3 is 2.61 bits per heavy atom.